The first-order valence-electron chi connectivity index (χ1n) is 11.7. The van der Waals surface area contributed by atoms with Gasteiger partial charge in [-0.1, -0.05) is 18.6 Å². The SMILES string of the molecule is O=C(CCN1CCCCC1)N1C/C(=C\c2ccc(F)c(F)c2)S(=O)(=O)/C(=C/c2ccc(F)c(F)c2)C1. The number of carbonyl (C=O) groups excluding carboxylic acids is 1. The van der Waals surface area contributed by atoms with Crippen LogP contribution >= 0.6 is 0 Å². The zero-order valence-corrected chi connectivity index (χ0v) is 20.3. The van der Waals surface area contributed by atoms with E-state index >= 15 is 0 Å². The lowest BCUT2D eigenvalue weighted by molar-refractivity contribution is -0.130. The van der Waals surface area contributed by atoms with Crippen LogP contribution in [0.3, 0.4) is 0 Å². The molecule has 0 atom stereocenters. The molecule has 2 aromatic carbocycles. The monoisotopic (exact) mass is 522 g/mol. The number of benzene rings is 2. The first-order chi connectivity index (χ1) is 17.1. The van der Waals surface area contributed by atoms with E-state index in [9.17, 15) is 30.8 Å². The van der Waals surface area contributed by atoms with Crippen LogP contribution in [0, 0.1) is 23.3 Å². The summed E-state index contributed by atoms with van der Waals surface area (Å²) in [6.45, 7) is 1.88. The third-order valence-corrected chi connectivity index (χ3v) is 8.24. The normalized spacial score (nSPS) is 20.7. The van der Waals surface area contributed by atoms with Crippen molar-refractivity contribution < 1.29 is 30.8 Å². The lowest BCUT2D eigenvalue weighted by Gasteiger charge is -2.32. The molecule has 2 heterocycles. The summed E-state index contributed by atoms with van der Waals surface area (Å²) < 4.78 is 81.0. The predicted molar refractivity (Wildman–Crippen MR) is 129 cm³/mol. The molecule has 4 rings (SSSR count). The van der Waals surface area contributed by atoms with Crippen LogP contribution in [-0.2, 0) is 14.6 Å². The van der Waals surface area contributed by atoms with Gasteiger partial charge in [-0.2, -0.15) is 0 Å². The van der Waals surface area contributed by atoms with Gasteiger partial charge >= 0.3 is 0 Å². The van der Waals surface area contributed by atoms with Gasteiger partial charge in [0.1, 0.15) is 0 Å². The van der Waals surface area contributed by atoms with Crippen molar-refractivity contribution in [1.29, 1.82) is 0 Å². The van der Waals surface area contributed by atoms with Gasteiger partial charge in [-0.25, -0.2) is 26.0 Å². The van der Waals surface area contributed by atoms with E-state index in [0.29, 0.717) is 6.54 Å². The summed E-state index contributed by atoms with van der Waals surface area (Å²) in [5.74, 6) is -4.67. The number of hydrogen-bond donors (Lipinski definition) is 0. The Bertz CT molecular complexity index is 1240. The Morgan fingerprint density at radius 1 is 0.778 bits per heavy atom. The van der Waals surface area contributed by atoms with Crippen LogP contribution in [0.1, 0.15) is 36.8 Å². The second kappa shape index (κ2) is 11.0. The fourth-order valence-corrected chi connectivity index (χ4v) is 5.94. The fourth-order valence-electron chi connectivity index (χ4n) is 4.36. The molecule has 36 heavy (non-hydrogen) atoms. The molecule has 0 aromatic heterocycles. The maximum Gasteiger partial charge on any atom is 0.224 e. The maximum absolute atomic E-state index is 13.7. The summed E-state index contributed by atoms with van der Waals surface area (Å²) in [4.78, 5) is 16.3. The minimum absolute atomic E-state index is 0.113. The van der Waals surface area contributed by atoms with Gasteiger partial charge in [0.2, 0.25) is 15.7 Å². The average molecular weight is 523 g/mol. The molecule has 1 amide bonds. The lowest BCUT2D eigenvalue weighted by atomic mass is 10.1. The van der Waals surface area contributed by atoms with Crippen LogP contribution in [0.5, 0.6) is 0 Å². The Balaban J connectivity index is 1.66. The average Bonchev–Trinajstić information content (AvgIpc) is 2.85. The van der Waals surface area contributed by atoms with Crippen LogP contribution in [0.15, 0.2) is 46.2 Å². The smallest absolute Gasteiger partial charge is 0.224 e. The number of rotatable bonds is 5. The molecule has 192 valence electrons. The first-order valence-corrected chi connectivity index (χ1v) is 13.2. The van der Waals surface area contributed by atoms with Gasteiger partial charge < -0.3 is 9.80 Å². The van der Waals surface area contributed by atoms with Crippen molar-refractivity contribution in [3.8, 4) is 0 Å². The minimum Gasteiger partial charge on any atom is -0.333 e. The van der Waals surface area contributed by atoms with Crippen molar-refractivity contribution in [3.05, 3.63) is 80.6 Å². The third kappa shape index (κ3) is 6.04. The van der Waals surface area contributed by atoms with Gasteiger partial charge in [-0.3, -0.25) is 4.79 Å². The van der Waals surface area contributed by atoms with Gasteiger partial charge in [0.15, 0.2) is 23.3 Å². The third-order valence-electron chi connectivity index (χ3n) is 6.37. The summed E-state index contributed by atoms with van der Waals surface area (Å²) in [6, 6.07) is 5.97. The number of piperidine rings is 1. The number of amides is 1. The van der Waals surface area contributed by atoms with Gasteiger partial charge in [-0.05, 0) is 73.5 Å². The van der Waals surface area contributed by atoms with Crippen molar-refractivity contribution in [2.45, 2.75) is 25.7 Å². The van der Waals surface area contributed by atoms with E-state index in [2.05, 4.69) is 4.90 Å². The number of hydrogen-bond acceptors (Lipinski definition) is 4. The van der Waals surface area contributed by atoms with E-state index < -0.39 is 33.1 Å². The number of halogens is 4. The van der Waals surface area contributed by atoms with Crippen molar-refractivity contribution in [1.82, 2.24) is 9.80 Å². The highest BCUT2D eigenvalue weighted by atomic mass is 32.2. The van der Waals surface area contributed by atoms with Gasteiger partial charge in [-0.15, -0.1) is 0 Å². The van der Waals surface area contributed by atoms with Crippen LogP contribution < -0.4 is 0 Å². The fraction of sp³-hybridized carbons (Fsp3) is 0.346. The van der Waals surface area contributed by atoms with Crippen LogP contribution in [-0.4, -0.2) is 56.8 Å². The quantitative estimate of drug-likeness (QED) is 0.532. The molecule has 10 heteroatoms. The van der Waals surface area contributed by atoms with Crippen LogP contribution in [0.25, 0.3) is 12.2 Å². The second-order valence-electron chi connectivity index (χ2n) is 8.97. The molecule has 0 bridgehead atoms. The molecular formula is C26H26F4N2O3S. The highest BCUT2D eigenvalue weighted by Gasteiger charge is 2.34. The standard InChI is InChI=1S/C26H26F4N2O3S/c27-22-6-4-18(14-24(22)29)12-20-16-32(26(33)8-11-31-9-2-1-3-10-31)17-21(36(20,34)35)13-19-5-7-23(28)25(30)15-19/h4-7,12-15H,1-3,8-11,16-17H2/b20-12+,21-13+. The molecule has 5 nitrogen and oxygen atoms in total. The Labute approximate surface area is 207 Å². The number of sulfone groups is 1. The first kappa shape index (κ1) is 26.1. The van der Waals surface area contributed by atoms with Crippen molar-refractivity contribution in [2.24, 2.45) is 0 Å². The molecule has 2 fully saturated rings. The summed E-state index contributed by atoms with van der Waals surface area (Å²) in [5.41, 5.74) is 0.226. The van der Waals surface area contributed by atoms with Crippen molar-refractivity contribution in [3.63, 3.8) is 0 Å². The second-order valence-corrected chi connectivity index (χ2v) is 11.0. The molecule has 2 aromatic rings. The molecule has 0 spiro atoms. The van der Waals surface area contributed by atoms with E-state index in [1.54, 1.807) is 0 Å². The summed E-state index contributed by atoms with van der Waals surface area (Å²) in [5, 5.41) is 0. The summed E-state index contributed by atoms with van der Waals surface area (Å²) >= 11 is 0. The van der Waals surface area contributed by atoms with E-state index in [0.717, 1.165) is 56.6 Å². The molecule has 0 radical (unpaired) electrons. The van der Waals surface area contributed by atoms with Gasteiger partial charge in [0.25, 0.3) is 0 Å². The van der Waals surface area contributed by atoms with Gasteiger partial charge in [0.05, 0.1) is 22.9 Å². The molecule has 0 N–H and O–H groups in total. The van der Waals surface area contributed by atoms with E-state index in [1.807, 2.05) is 0 Å². The lowest BCUT2D eigenvalue weighted by Crippen LogP contribution is -2.43. The highest BCUT2D eigenvalue weighted by molar-refractivity contribution is 7.99. The molecule has 0 saturated carbocycles. The van der Waals surface area contributed by atoms with Crippen molar-refractivity contribution >= 4 is 27.9 Å². The molecule has 2 aliphatic rings. The van der Waals surface area contributed by atoms with Crippen LogP contribution in [0.4, 0.5) is 17.6 Å². The van der Waals surface area contributed by atoms with Crippen molar-refractivity contribution in [2.75, 3.05) is 32.7 Å². The van der Waals surface area contributed by atoms with E-state index in [4.69, 9.17) is 0 Å². The molecule has 0 unspecified atom stereocenters. The predicted octanol–water partition coefficient (Wildman–Crippen LogP) is 4.76. The zero-order chi connectivity index (χ0) is 25.9. The Kier molecular flexibility index (Phi) is 7.94. The number of likely N-dealkylation sites (tertiary alicyclic amines) is 1. The topological polar surface area (TPSA) is 57.7 Å². The Hall–Kier alpha value is -2.98. The van der Waals surface area contributed by atoms with E-state index in [-0.39, 0.29) is 46.4 Å². The van der Waals surface area contributed by atoms with E-state index in [1.165, 1.54) is 29.2 Å². The molecule has 0 aliphatic carbocycles. The number of carbonyl (C=O) groups is 1. The Morgan fingerprint density at radius 3 is 1.75 bits per heavy atom. The maximum atomic E-state index is 13.7. The largest absolute Gasteiger partial charge is 0.333 e. The molecule has 2 aliphatic heterocycles. The highest BCUT2D eigenvalue weighted by Crippen LogP contribution is 2.30. The minimum atomic E-state index is -4.12. The van der Waals surface area contributed by atoms with Crippen LogP contribution in [0.2, 0.25) is 0 Å². The number of nitrogens with zero attached hydrogens (tertiary/aromatic N) is 2. The Morgan fingerprint density at radius 2 is 1.28 bits per heavy atom. The van der Waals surface area contributed by atoms with Gasteiger partial charge in [0, 0.05) is 13.0 Å². The summed E-state index contributed by atoms with van der Waals surface area (Å²) in [7, 11) is -4.12. The molecular weight excluding hydrogens is 496 g/mol. The zero-order valence-electron chi connectivity index (χ0n) is 19.5. The summed E-state index contributed by atoms with van der Waals surface area (Å²) in [6.07, 6.45) is 5.88. The molecule has 2 saturated heterocycles.